The molecule has 3 aromatic rings. The van der Waals surface area contributed by atoms with Crippen molar-refractivity contribution in [3.63, 3.8) is 0 Å². The van der Waals surface area contributed by atoms with Crippen LogP contribution in [-0.2, 0) is 22.7 Å². The first-order chi connectivity index (χ1) is 14.0. The summed E-state index contributed by atoms with van der Waals surface area (Å²) in [7, 11) is -4.05. The zero-order valence-electron chi connectivity index (χ0n) is 15.8. The van der Waals surface area contributed by atoms with E-state index in [4.69, 9.17) is 17.4 Å². The maximum Gasteiger partial charge on any atom is 0.416 e. The second-order valence-corrected chi connectivity index (χ2v) is 8.53. The molecule has 0 amide bonds. The summed E-state index contributed by atoms with van der Waals surface area (Å²) in [5.74, 6) is 5.61. The van der Waals surface area contributed by atoms with Crippen LogP contribution in [0.25, 0.3) is 11.0 Å². The van der Waals surface area contributed by atoms with Crippen molar-refractivity contribution in [3.8, 4) is 0 Å². The summed E-state index contributed by atoms with van der Waals surface area (Å²) in [6, 6.07) is 3.53. The van der Waals surface area contributed by atoms with E-state index in [-0.39, 0.29) is 27.1 Å². The highest BCUT2D eigenvalue weighted by molar-refractivity contribution is 7.89. The molecular formula is C17H18ClF3N6O2S. The van der Waals surface area contributed by atoms with Crippen LogP contribution in [0.3, 0.4) is 0 Å². The number of fused-ring (bicyclic) bond motifs is 1. The lowest BCUT2D eigenvalue weighted by Crippen LogP contribution is -2.29. The number of aryl methyl sites for hydroxylation is 1. The number of nitrogens with two attached hydrogens (primary N) is 1. The monoisotopic (exact) mass is 462 g/mol. The van der Waals surface area contributed by atoms with Crippen molar-refractivity contribution < 1.29 is 21.6 Å². The predicted molar refractivity (Wildman–Crippen MR) is 106 cm³/mol. The molecule has 0 fully saturated rings. The normalized spacial score (nSPS) is 13.6. The van der Waals surface area contributed by atoms with Gasteiger partial charge in [-0.15, -0.1) is 0 Å². The topological polar surface area (TPSA) is 115 Å². The minimum absolute atomic E-state index is 0.00787. The van der Waals surface area contributed by atoms with Crippen LogP contribution < -0.4 is 16.0 Å². The van der Waals surface area contributed by atoms with Crippen LogP contribution in [-0.4, -0.2) is 23.0 Å². The molecule has 2 aromatic heterocycles. The Morgan fingerprint density at radius 3 is 2.57 bits per heavy atom. The molecule has 30 heavy (non-hydrogen) atoms. The van der Waals surface area contributed by atoms with Crippen LogP contribution >= 0.6 is 11.6 Å². The van der Waals surface area contributed by atoms with E-state index in [9.17, 15) is 21.6 Å². The summed E-state index contributed by atoms with van der Waals surface area (Å²) >= 11 is 5.94. The summed E-state index contributed by atoms with van der Waals surface area (Å²) in [4.78, 5) is 7.96. The molecule has 0 aliphatic heterocycles. The summed E-state index contributed by atoms with van der Waals surface area (Å²) in [6.45, 7) is 3.57. The number of nitrogens with one attached hydrogen (secondary N) is 2. The highest BCUT2D eigenvalue weighted by Crippen LogP contribution is 2.32. The number of hydrazine groups is 1. The first-order valence-corrected chi connectivity index (χ1v) is 10.6. The first kappa shape index (κ1) is 22.3. The van der Waals surface area contributed by atoms with Crippen molar-refractivity contribution in [2.75, 3.05) is 5.43 Å². The smallest absolute Gasteiger partial charge is 0.327 e. The maximum atomic E-state index is 13.1. The molecule has 3 rings (SSSR count). The molecule has 0 aliphatic carbocycles. The van der Waals surface area contributed by atoms with Crippen molar-refractivity contribution in [2.45, 2.75) is 37.5 Å². The van der Waals surface area contributed by atoms with Crippen LogP contribution in [0.4, 0.5) is 19.0 Å². The highest BCUT2D eigenvalue weighted by atomic mass is 35.5. The number of pyridine rings is 1. The van der Waals surface area contributed by atoms with Gasteiger partial charge in [-0.3, -0.25) is 0 Å². The number of imidazole rings is 1. The van der Waals surface area contributed by atoms with E-state index in [1.165, 1.54) is 16.7 Å². The van der Waals surface area contributed by atoms with Gasteiger partial charge in [0.2, 0.25) is 10.0 Å². The fraction of sp³-hybridized carbons (Fsp3) is 0.294. The number of hydrogen-bond acceptors (Lipinski definition) is 6. The van der Waals surface area contributed by atoms with E-state index in [0.29, 0.717) is 12.1 Å². The minimum Gasteiger partial charge on any atom is -0.327 e. The highest BCUT2D eigenvalue weighted by Gasteiger charge is 2.31. The van der Waals surface area contributed by atoms with Gasteiger partial charge in [-0.25, -0.2) is 29.0 Å². The third-order valence-corrected chi connectivity index (χ3v) is 6.20. The predicted octanol–water partition coefficient (Wildman–Crippen LogP) is 3.45. The molecular weight excluding hydrogens is 445 g/mol. The standard InChI is InChI=1S/C17H18ClF3N6O2S/c1-3-27-14-6-10(17(19,20)21)4-5-13(14)24-16(27)9(2)26-30(28,29)11-7-12(18)15(25-22)23-8-11/h4-9,26H,3,22H2,1-2H3,(H,23,25). The number of alkyl halides is 3. The summed E-state index contributed by atoms with van der Waals surface area (Å²) in [6.07, 6.45) is -3.42. The Bertz CT molecular complexity index is 1200. The molecule has 0 radical (unpaired) electrons. The van der Waals surface area contributed by atoms with Crippen molar-refractivity contribution in [3.05, 3.63) is 46.9 Å². The third-order valence-electron chi connectivity index (χ3n) is 4.40. The van der Waals surface area contributed by atoms with E-state index in [2.05, 4.69) is 20.1 Å². The molecule has 0 aliphatic rings. The van der Waals surface area contributed by atoms with Gasteiger partial charge < -0.3 is 9.99 Å². The lowest BCUT2D eigenvalue weighted by molar-refractivity contribution is -0.137. The lowest BCUT2D eigenvalue weighted by Gasteiger charge is -2.16. The number of anilines is 1. The van der Waals surface area contributed by atoms with Gasteiger partial charge in [0.05, 0.1) is 27.7 Å². The van der Waals surface area contributed by atoms with Crippen LogP contribution in [0.5, 0.6) is 0 Å². The average Bonchev–Trinajstić information content (AvgIpc) is 3.04. The molecule has 0 saturated carbocycles. The number of sulfonamides is 1. The van der Waals surface area contributed by atoms with Gasteiger partial charge in [0.25, 0.3) is 0 Å². The number of aromatic nitrogens is 3. The minimum atomic E-state index is -4.50. The van der Waals surface area contributed by atoms with Gasteiger partial charge in [0.1, 0.15) is 10.7 Å². The summed E-state index contributed by atoms with van der Waals surface area (Å²) in [5, 5.41) is 0.00787. The van der Waals surface area contributed by atoms with E-state index in [1.807, 2.05) is 0 Å². The molecule has 1 aromatic carbocycles. The number of benzene rings is 1. The Morgan fingerprint density at radius 2 is 2.00 bits per heavy atom. The van der Waals surface area contributed by atoms with Gasteiger partial charge in [-0.05, 0) is 38.1 Å². The third kappa shape index (κ3) is 4.21. The number of halogens is 4. The van der Waals surface area contributed by atoms with Gasteiger partial charge in [0, 0.05) is 12.7 Å². The molecule has 13 heteroatoms. The van der Waals surface area contributed by atoms with E-state index in [1.54, 1.807) is 13.8 Å². The zero-order chi connectivity index (χ0) is 22.3. The zero-order valence-corrected chi connectivity index (χ0v) is 17.4. The lowest BCUT2D eigenvalue weighted by atomic mass is 10.2. The molecule has 0 spiro atoms. The summed E-state index contributed by atoms with van der Waals surface area (Å²) in [5.41, 5.74) is 2.02. The molecule has 4 N–H and O–H groups in total. The molecule has 162 valence electrons. The van der Waals surface area contributed by atoms with Crippen molar-refractivity contribution >= 4 is 38.5 Å². The van der Waals surface area contributed by atoms with Crippen molar-refractivity contribution in [1.29, 1.82) is 0 Å². The molecule has 1 unspecified atom stereocenters. The Morgan fingerprint density at radius 1 is 1.30 bits per heavy atom. The van der Waals surface area contributed by atoms with Crippen LogP contribution in [0.15, 0.2) is 35.4 Å². The average molecular weight is 463 g/mol. The molecule has 0 bridgehead atoms. The molecule has 8 nitrogen and oxygen atoms in total. The quantitative estimate of drug-likeness (QED) is 0.382. The molecule has 1 atom stereocenters. The molecule has 0 saturated heterocycles. The number of hydrogen-bond donors (Lipinski definition) is 3. The second kappa shape index (κ2) is 8.02. The Kier molecular flexibility index (Phi) is 5.96. The van der Waals surface area contributed by atoms with Crippen LogP contribution in [0, 0.1) is 0 Å². The van der Waals surface area contributed by atoms with Crippen LogP contribution in [0.2, 0.25) is 5.02 Å². The molecule has 2 heterocycles. The maximum absolute atomic E-state index is 13.1. The summed E-state index contributed by atoms with van der Waals surface area (Å²) < 4.78 is 68.6. The Hall–Kier alpha value is -2.41. The van der Waals surface area contributed by atoms with E-state index >= 15 is 0 Å². The Labute approximate surface area is 175 Å². The SMILES string of the molecule is CCn1c(C(C)NS(=O)(=O)c2cnc(NN)c(Cl)c2)nc2ccc(C(F)(F)F)cc21. The van der Waals surface area contributed by atoms with Gasteiger partial charge in [-0.1, -0.05) is 11.6 Å². The fourth-order valence-electron chi connectivity index (χ4n) is 3.01. The van der Waals surface area contributed by atoms with Gasteiger partial charge in [-0.2, -0.15) is 13.2 Å². The van der Waals surface area contributed by atoms with E-state index < -0.39 is 27.8 Å². The first-order valence-electron chi connectivity index (χ1n) is 8.69. The Balaban J connectivity index is 1.98. The second-order valence-electron chi connectivity index (χ2n) is 6.40. The van der Waals surface area contributed by atoms with Gasteiger partial charge in [0.15, 0.2) is 5.82 Å². The van der Waals surface area contributed by atoms with E-state index in [0.717, 1.165) is 18.3 Å². The number of nitrogen functional groups attached to an aromatic ring is 1. The van der Waals surface area contributed by atoms with Crippen molar-refractivity contribution in [2.24, 2.45) is 5.84 Å². The van der Waals surface area contributed by atoms with Crippen LogP contribution in [0.1, 0.15) is 31.3 Å². The number of nitrogens with zero attached hydrogens (tertiary/aromatic N) is 3. The van der Waals surface area contributed by atoms with Gasteiger partial charge >= 0.3 is 6.18 Å². The largest absolute Gasteiger partial charge is 0.416 e. The fourth-order valence-corrected chi connectivity index (χ4v) is 4.46. The van der Waals surface area contributed by atoms with Crippen molar-refractivity contribution in [1.82, 2.24) is 19.3 Å². The number of rotatable bonds is 6.